The first-order valence-electron chi connectivity index (χ1n) is 12.3. The van der Waals surface area contributed by atoms with Crippen molar-refractivity contribution in [2.24, 2.45) is 11.3 Å². The Labute approximate surface area is 224 Å². The lowest BCUT2D eigenvalue weighted by Crippen LogP contribution is -2.50. The minimum absolute atomic E-state index is 0. The van der Waals surface area contributed by atoms with E-state index < -0.39 is 5.72 Å². The van der Waals surface area contributed by atoms with E-state index in [9.17, 15) is 14.7 Å². The Bertz CT molecular complexity index is 743. The molecule has 2 amide bonds. The van der Waals surface area contributed by atoms with Crippen molar-refractivity contribution in [1.29, 1.82) is 0 Å². The van der Waals surface area contributed by atoms with Gasteiger partial charge in [0.25, 0.3) is 0 Å². The van der Waals surface area contributed by atoms with E-state index in [1.807, 2.05) is 44.2 Å². The van der Waals surface area contributed by atoms with Crippen LogP contribution in [0.5, 0.6) is 0 Å². The van der Waals surface area contributed by atoms with Crippen LogP contribution in [0, 0.1) is 11.3 Å². The summed E-state index contributed by atoms with van der Waals surface area (Å²) in [4.78, 5) is 26.9. The van der Waals surface area contributed by atoms with Crippen LogP contribution in [0.25, 0.3) is 0 Å². The summed E-state index contributed by atoms with van der Waals surface area (Å²) in [7, 11) is 0. The molecule has 1 unspecified atom stereocenters. The van der Waals surface area contributed by atoms with E-state index in [-0.39, 0.29) is 42.0 Å². The van der Waals surface area contributed by atoms with Crippen LogP contribution in [-0.2, 0) is 16.0 Å². The van der Waals surface area contributed by atoms with Gasteiger partial charge in [-0.05, 0) is 42.8 Å². The van der Waals surface area contributed by atoms with Crippen LogP contribution >= 0.6 is 24.8 Å². The van der Waals surface area contributed by atoms with Crippen molar-refractivity contribution in [2.45, 2.75) is 65.5 Å². The lowest BCUT2D eigenvalue weighted by molar-refractivity contribution is -0.125. The summed E-state index contributed by atoms with van der Waals surface area (Å²) in [5, 5.41) is 20.4. The van der Waals surface area contributed by atoms with E-state index >= 15 is 0 Å². The molecule has 1 heterocycles. The van der Waals surface area contributed by atoms with Gasteiger partial charge in [-0.1, -0.05) is 58.0 Å². The Morgan fingerprint density at radius 3 is 2.26 bits per heavy atom. The van der Waals surface area contributed by atoms with Crippen molar-refractivity contribution < 1.29 is 14.7 Å². The average Bonchev–Trinajstić information content (AvgIpc) is 3.24. The zero-order chi connectivity index (χ0) is 24.3. The van der Waals surface area contributed by atoms with Gasteiger partial charge in [-0.25, -0.2) is 0 Å². The molecule has 35 heavy (non-hydrogen) atoms. The first-order valence-corrected chi connectivity index (χ1v) is 12.3. The maximum Gasteiger partial charge on any atom is 0.234 e. The fraction of sp³-hybridized carbons (Fsp3) is 0.692. The molecule has 4 N–H and O–H groups in total. The summed E-state index contributed by atoms with van der Waals surface area (Å²) in [5.74, 6) is 0.357. The summed E-state index contributed by atoms with van der Waals surface area (Å²) < 4.78 is 0. The molecule has 0 aromatic heterocycles. The molecule has 9 heteroatoms. The molecule has 1 aromatic rings. The fourth-order valence-electron chi connectivity index (χ4n) is 4.07. The minimum atomic E-state index is -1.09. The molecule has 1 aliphatic heterocycles. The van der Waals surface area contributed by atoms with Gasteiger partial charge in [0, 0.05) is 38.9 Å². The van der Waals surface area contributed by atoms with Gasteiger partial charge in [0.2, 0.25) is 11.8 Å². The van der Waals surface area contributed by atoms with Crippen molar-refractivity contribution in [3.05, 3.63) is 35.9 Å². The molecule has 0 saturated carbocycles. The first kappa shape index (κ1) is 33.6. The number of carbonyl (C=O) groups is 2. The van der Waals surface area contributed by atoms with Crippen molar-refractivity contribution in [3.63, 3.8) is 0 Å². The van der Waals surface area contributed by atoms with Gasteiger partial charge >= 0.3 is 0 Å². The topological polar surface area (TPSA) is 93.7 Å². The lowest BCUT2D eigenvalue weighted by Gasteiger charge is -2.31. The minimum Gasteiger partial charge on any atom is -0.375 e. The van der Waals surface area contributed by atoms with Gasteiger partial charge < -0.3 is 15.7 Å². The van der Waals surface area contributed by atoms with Crippen LogP contribution < -0.4 is 16.0 Å². The van der Waals surface area contributed by atoms with E-state index in [0.29, 0.717) is 51.4 Å². The smallest absolute Gasteiger partial charge is 0.234 e. The van der Waals surface area contributed by atoms with Crippen LogP contribution in [0.2, 0.25) is 0 Å². The third-order valence-electron chi connectivity index (χ3n) is 6.01. The molecule has 0 bridgehead atoms. The second-order valence-corrected chi connectivity index (χ2v) is 10.7. The van der Waals surface area contributed by atoms with Crippen LogP contribution in [0.3, 0.4) is 0 Å². The number of amides is 2. The molecule has 7 nitrogen and oxygen atoms in total. The van der Waals surface area contributed by atoms with Gasteiger partial charge in [-0.3, -0.25) is 19.8 Å². The zero-order valence-corrected chi connectivity index (χ0v) is 23.4. The van der Waals surface area contributed by atoms with E-state index in [1.165, 1.54) is 0 Å². The highest BCUT2D eigenvalue weighted by molar-refractivity contribution is 5.85. The Morgan fingerprint density at radius 2 is 1.66 bits per heavy atom. The molecule has 1 fully saturated rings. The predicted molar refractivity (Wildman–Crippen MR) is 147 cm³/mol. The Morgan fingerprint density at radius 1 is 1.03 bits per heavy atom. The van der Waals surface area contributed by atoms with Gasteiger partial charge in [-0.2, -0.15) is 0 Å². The monoisotopic (exact) mass is 532 g/mol. The number of hydrogen-bond donors (Lipinski definition) is 4. The molecule has 1 saturated heterocycles. The van der Waals surface area contributed by atoms with E-state index in [4.69, 9.17) is 0 Å². The standard InChI is InChI=1S/C26H44N4O3.2ClH/c1-21(2)18-29-26(33,16-22-10-6-5-7-11-22)12-13-27-23(31)17-25(3,4)20-28-24(32)19-30-14-8-9-15-30;;/h5-7,10-11,21,29,33H,8-9,12-20H2,1-4H3,(H,27,31)(H,28,32);2*1H. The summed E-state index contributed by atoms with van der Waals surface area (Å²) in [5.41, 5.74) is -0.382. The maximum atomic E-state index is 12.6. The summed E-state index contributed by atoms with van der Waals surface area (Å²) in [6.07, 6.45) is 3.52. The summed E-state index contributed by atoms with van der Waals surface area (Å²) in [6.45, 7) is 12.1. The normalized spacial score (nSPS) is 15.6. The average molecular weight is 534 g/mol. The summed E-state index contributed by atoms with van der Waals surface area (Å²) in [6, 6.07) is 9.89. The number of benzene rings is 1. The fourth-order valence-corrected chi connectivity index (χ4v) is 4.07. The van der Waals surface area contributed by atoms with Crippen molar-refractivity contribution in [1.82, 2.24) is 20.9 Å². The molecule has 0 aliphatic carbocycles. The third-order valence-corrected chi connectivity index (χ3v) is 6.01. The molecule has 2 rings (SSSR count). The van der Waals surface area contributed by atoms with E-state index in [2.05, 4.69) is 34.7 Å². The molecular formula is C26H46Cl2N4O3. The van der Waals surface area contributed by atoms with Crippen molar-refractivity contribution in [3.8, 4) is 0 Å². The number of carbonyl (C=O) groups excluding carboxylic acids is 2. The number of hydrogen-bond acceptors (Lipinski definition) is 5. The van der Waals surface area contributed by atoms with Gasteiger partial charge in [0.1, 0.15) is 5.72 Å². The molecular weight excluding hydrogens is 487 g/mol. The number of likely N-dealkylation sites (tertiary alicyclic amines) is 1. The second kappa shape index (κ2) is 16.4. The molecule has 0 spiro atoms. The van der Waals surface area contributed by atoms with E-state index in [1.54, 1.807) is 0 Å². The molecule has 202 valence electrons. The van der Waals surface area contributed by atoms with Gasteiger partial charge in [0.15, 0.2) is 0 Å². The predicted octanol–water partition coefficient (Wildman–Crippen LogP) is 3.14. The Hall–Kier alpha value is -1.38. The van der Waals surface area contributed by atoms with Gasteiger partial charge in [-0.15, -0.1) is 24.8 Å². The van der Waals surface area contributed by atoms with Crippen LogP contribution in [0.4, 0.5) is 0 Å². The number of rotatable bonds is 14. The highest BCUT2D eigenvalue weighted by Gasteiger charge is 2.28. The Balaban J connectivity index is 0.00000578. The Kier molecular flexibility index (Phi) is 15.7. The highest BCUT2D eigenvalue weighted by atomic mass is 35.5. The molecule has 1 atom stereocenters. The number of halogens is 2. The SMILES string of the molecule is CC(C)CNC(O)(CCNC(=O)CC(C)(C)CNC(=O)CN1CCCC1)Cc1ccccc1.Cl.Cl. The van der Waals surface area contributed by atoms with Crippen LogP contribution in [-0.4, -0.2) is 66.8 Å². The van der Waals surface area contributed by atoms with E-state index in [0.717, 1.165) is 31.5 Å². The van der Waals surface area contributed by atoms with Crippen LogP contribution in [0.1, 0.15) is 58.9 Å². The number of nitrogens with one attached hydrogen (secondary N) is 3. The molecule has 1 aliphatic rings. The molecule has 1 aromatic carbocycles. The lowest BCUT2D eigenvalue weighted by atomic mass is 9.88. The third kappa shape index (κ3) is 14.1. The van der Waals surface area contributed by atoms with Crippen molar-refractivity contribution >= 4 is 36.6 Å². The van der Waals surface area contributed by atoms with Gasteiger partial charge in [0.05, 0.1) is 6.54 Å². The van der Waals surface area contributed by atoms with Crippen LogP contribution in [0.15, 0.2) is 30.3 Å². The zero-order valence-electron chi connectivity index (χ0n) is 21.8. The quantitative estimate of drug-likeness (QED) is 0.276. The molecule has 0 radical (unpaired) electrons. The maximum absolute atomic E-state index is 12.6. The summed E-state index contributed by atoms with van der Waals surface area (Å²) >= 11 is 0. The second-order valence-electron chi connectivity index (χ2n) is 10.7. The first-order chi connectivity index (χ1) is 15.6. The largest absolute Gasteiger partial charge is 0.375 e. The number of nitrogens with zero attached hydrogens (tertiary/aromatic N) is 1. The number of aliphatic hydroxyl groups is 1. The highest BCUT2D eigenvalue weighted by Crippen LogP contribution is 2.19. The van der Waals surface area contributed by atoms with Crippen molar-refractivity contribution in [2.75, 3.05) is 39.3 Å².